The zero-order chi connectivity index (χ0) is 78.7. The second-order valence-electron chi connectivity index (χ2n) is 24.8. The van der Waals surface area contributed by atoms with Gasteiger partial charge in [0.1, 0.15) is 55.2 Å². The Labute approximate surface area is 639 Å². The van der Waals surface area contributed by atoms with Gasteiger partial charge in [0.15, 0.2) is 49.0 Å². The van der Waals surface area contributed by atoms with Crippen LogP contribution in [-0.2, 0) is 85.7 Å². The summed E-state index contributed by atoms with van der Waals surface area (Å²) < 4.78 is 147. The molecule has 3 fully saturated rings. The SMILES string of the molecule is COC(=O)[C@H]1O[C@@H](O[C@H]2[C@@H](OC(=O)c3ccccc3)[C@@H](COC(=O)c3ccccc3)O[C@@H](O[C@H]3[C@@H](OS(=O)(=O)[O-])[C@@H](COC(=O)c4ccccc4)O[C@@H](Oc4ccc(OC)cc4)[C@@H]3OC(=O)c3ccccc3)[C@@H]2OC(=O)c2ccccc2)[C@H](OC(=O)c2ccccc2)[C@@H](OC(=O)c2ccccc2)[C@@H]1OC(=O)c1ccccc1. The maximum absolute atomic E-state index is 15.4. The Morgan fingerprint density at radius 3 is 0.938 bits per heavy atom. The average molecular weight is 1550 g/mol. The monoisotopic (exact) mass is 1550 g/mol. The van der Waals surface area contributed by atoms with E-state index in [0.29, 0.717) is 5.75 Å². The summed E-state index contributed by atoms with van der Waals surface area (Å²) in [4.78, 5) is 133. The van der Waals surface area contributed by atoms with Crippen LogP contribution in [-0.4, -0.2) is 186 Å². The summed E-state index contributed by atoms with van der Waals surface area (Å²) in [6, 6.07) is 63.5. The van der Waals surface area contributed by atoms with Gasteiger partial charge in [-0.05, 0) is 121 Å². The van der Waals surface area contributed by atoms with E-state index in [1.165, 1.54) is 225 Å². The van der Waals surface area contributed by atoms with Crippen LogP contribution in [0.15, 0.2) is 267 Å². The molecule has 3 heterocycles. The lowest BCUT2D eigenvalue weighted by molar-refractivity contribution is -0.372. The Morgan fingerprint density at radius 2 is 0.589 bits per heavy atom. The number of hydrogen-bond acceptors (Lipinski definition) is 29. The minimum absolute atomic E-state index is 0.0340. The lowest BCUT2D eigenvalue weighted by atomic mass is 9.94. The highest BCUT2D eigenvalue weighted by molar-refractivity contribution is 7.80. The van der Waals surface area contributed by atoms with Crippen LogP contribution in [0, 0.1) is 0 Å². The van der Waals surface area contributed by atoms with Gasteiger partial charge in [0.25, 0.3) is 0 Å². The van der Waals surface area contributed by atoms with Crippen LogP contribution in [0.2, 0.25) is 0 Å². The molecule has 12 rings (SSSR count). The van der Waals surface area contributed by atoms with Gasteiger partial charge in [0.05, 0.1) is 58.7 Å². The van der Waals surface area contributed by atoms with Crippen molar-refractivity contribution in [2.45, 2.75) is 92.1 Å². The van der Waals surface area contributed by atoms with E-state index in [1.807, 2.05) is 0 Å². The molecular weight excluding hydrogens is 1480 g/mol. The molecule has 0 unspecified atom stereocenters. The Kier molecular flexibility index (Phi) is 26.3. The van der Waals surface area contributed by atoms with Crippen LogP contribution in [0.25, 0.3) is 0 Å². The number of carbonyl (C=O) groups excluding carboxylic acids is 9. The first-order valence-electron chi connectivity index (χ1n) is 34.6. The van der Waals surface area contributed by atoms with Gasteiger partial charge in [-0.3, -0.25) is 4.18 Å². The van der Waals surface area contributed by atoms with Gasteiger partial charge >= 0.3 is 53.7 Å². The predicted octanol–water partition coefficient (Wildman–Crippen LogP) is 9.11. The standard InChI is InChI=1S/C82H70O29S/c1-95-57-43-45-58(46-44-57)99-80-69(106-77(89)55-39-23-9-24-40-55)64(62(111-112(92,93)94)60(101-80)48-98-72(84)50-29-13-4-14-30-50)109-81-68(105-76(88)54-37-21-8-22-38-54)63(61(102-73(85)51-31-15-5-16-32-51)59(100-81)47-97-71(83)49-27-11-3-12-28-49)108-82-70(107-78(90)56-41-25-10-26-42-56)66(104-75(87)53-35-19-7-20-36-53)65(67(110-82)79(91)96-2)103-74(86)52-33-17-6-18-34-52/h3-46,59-70,80-82H,47-48H2,1-2H3,(H,92,93,94)/p-1/t59-,60-,61+,62+,63+,64+,65+,66+,67+,68-,69-,70-,80-,81+,82-/m1/s1. The van der Waals surface area contributed by atoms with E-state index >= 15 is 14.4 Å². The first kappa shape index (κ1) is 79.0. The normalized spacial score (nSPS) is 23.3. The van der Waals surface area contributed by atoms with Crippen molar-refractivity contribution in [3.8, 4) is 11.5 Å². The van der Waals surface area contributed by atoms with Gasteiger partial charge in [-0.15, -0.1) is 0 Å². The highest BCUT2D eigenvalue weighted by atomic mass is 32.3. The summed E-state index contributed by atoms with van der Waals surface area (Å²) in [5, 5.41) is 0. The topological polar surface area (TPSA) is 368 Å². The van der Waals surface area contributed by atoms with Gasteiger partial charge < -0.3 is 80.3 Å². The van der Waals surface area contributed by atoms with E-state index in [9.17, 15) is 41.7 Å². The summed E-state index contributed by atoms with van der Waals surface area (Å²) >= 11 is 0. The first-order chi connectivity index (χ1) is 54.3. The Balaban J connectivity index is 1.09. The third-order valence-electron chi connectivity index (χ3n) is 17.5. The highest BCUT2D eigenvalue weighted by Gasteiger charge is 2.62. The zero-order valence-electron chi connectivity index (χ0n) is 59.2. The van der Waals surface area contributed by atoms with Crippen LogP contribution in [0.4, 0.5) is 0 Å². The molecule has 3 aliphatic rings. The molecule has 0 amide bonds. The Bertz CT molecular complexity index is 4810. The van der Waals surface area contributed by atoms with Gasteiger partial charge in [-0.1, -0.05) is 146 Å². The van der Waals surface area contributed by atoms with Crippen molar-refractivity contribution < 1.29 is 136 Å². The third-order valence-corrected chi connectivity index (χ3v) is 18.0. The molecule has 578 valence electrons. The van der Waals surface area contributed by atoms with Crippen LogP contribution in [0.3, 0.4) is 0 Å². The molecular formula is C82H69O29S-. The van der Waals surface area contributed by atoms with E-state index in [4.69, 9.17) is 80.0 Å². The van der Waals surface area contributed by atoms with Gasteiger partial charge in [0.2, 0.25) is 23.0 Å². The molecule has 0 spiro atoms. The van der Waals surface area contributed by atoms with Gasteiger partial charge in [-0.25, -0.2) is 51.6 Å². The van der Waals surface area contributed by atoms with E-state index in [0.717, 1.165) is 7.11 Å². The number of esters is 9. The second-order valence-corrected chi connectivity index (χ2v) is 25.9. The second kappa shape index (κ2) is 37.3. The maximum atomic E-state index is 15.4. The highest BCUT2D eigenvalue weighted by Crippen LogP contribution is 2.41. The van der Waals surface area contributed by atoms with Crippen LogP contribution >= 0.6 is 0 Å². The molecule has 0 N–H and O–H groups in total. The lowest BCUT2D eigenvalue weighted by Gasteiger charge is -2.50. The zero-order valence-corrected chi connectivity index (χ0v) is 60.0. The molecule has 0 aliphatic carbocycles. The fraction of sp³-hybridized carbons (Fsp3) is 0.232. The largest absolute Gasteiger partial charge is 0.726 e. The number of ether oxygens (including phenoxy) is 16. The molecule has 9 aromatic rings. The quantitative estimate of drug-likeness (QED) is 0.0191. The van der Waals surface area contributed by atoms with Crippen molar-refractivity contribution in [2.24, 2.45) is 0 Å². The third kappa shape index (κ3) is 20.1. The van der Waals surface area contributed by atoms with Crippen molar-refractivity contribution in [1.29, 1.82) is 0 Å². The molecule has 112 heavy (non-hydrogen) atoms. The molecule has 0 saturated carbocycles. The molecule has 29 nitrogen and oxygen atoms in total. The molecule has 9 aromatic carbocycles. The van der Waals surface area contributed by atoms with Crippen LogP contribution < -0.4 is 9.47 Å². The Morgan fingerprint density at radius 1 is 0.312 bits per heavy atom. The van der Waals surface area contributed by atoms with Crippen molar-refractivity contribution >= 4 is 64.1 Å². The molecule has 0 aromatic heterocycles. The van der Waals surface area contributed by atoms with Crippen LogP contribution in [0.5, 0.6) is 11.5 Å². The molecule has 3 saturated heterocycles. The van der Waals surface area contributed by atoms with E-state index in [-0.39, 0.29) is 50.3 Å². The molecule has 0 bridgehead atoms. The molecule has 30 heteroatoms. The van der Waals surface area contributed by atoms with Crippen molar-refractivity contribution in [3.63, 3.8) is 0 Å². The van der Waals surface area contributed by atoms with Crippen molar-refractivity contribution in [2.75, 3.05) is 27.4 Å². The summed E-state index contributed by atoms with van der Waals surface area (Å²) in [5.41, 5.74) is -1.11. The molecule has 15 atom stereocenters. The fourth-order valence-corrected chi connectivity index (χ4v) is 12.6. The minimum atomic E-state index is -6.10. The molecule has 3 aliphatic heterocycles. The minimum Gasteiger partial charge on any atom is -0.726 e. The number of carbonyl (C=O) groups is 9. The summed E-state index contributed by atoms with van der Waals surface area (Å²) in [6.45, 7) is -2.11. The average Bonchev–Trinajstić information content (AvgIpc) is 0.753. The van der Waals surface area contributed by atoms with Crippen molar-refractivity contribution in [3.05, 3.63) is 311 Å². The predicted molar refractivity (Wildman–Crippen MR) is 383 cm³/mol. The molecule has 0 radical (unpaired) electrons. The number of methoxy groups -OCH3 is 2. The summed E-state index contributed by atoms with van der Waals surface area (Å²) in [6.07, 6.45) is -35.0. The van der Waals surface area contributed by atoms with Crippen molar-refractivity contribution in [1.82, 2.24) is 0 Å². The lowest BCUT2D eigenvalue weighted by Crippen LogP contribution is -2.69. The van der Waals surface area contributed by atoms with E-state index in [1.54, 1.807) is 48.5 Å². The smallest absolute Gasteiger partial charge is 0.339 e. The number of rotatable bonds is 28. The first-order valence-corrected chi connectivity index (χ1v) is 35.9. The summed E-state index contributed by atoms with van der Waals surface area (Å²) in [7, 11) is -3.79. The fourth-order valence-electron chi connectivity index (χ4n) is 12.1. The Hall–Kier alpha value is -12.5. The van der Waals surface area contributed by atoms with E-state index in [2.05, 4.69) is 0 Å². The number of hydrogen-bond donors (Lipinski definition) is 0. The van der Waals surface area contributed by atoms with Gasteiger partial charge in [0, 0.05) is 0 Å². The van der Waals surface area contributed by atoms with Crippen LogP contribution in [0.1, 0.15) is 82.9 Å². The van der Waals surface area contributed by atoms with E-state index < -0.39 is 169 Å². The number of benzene rings is 9. The maximum Gasteiger partial charge on any atom is 0.339 e. The summed E-state index contributed by atoms with van der Waals surface area (Å²) in [5.74, 6) is -10.5. The van der Waals surface area contributed by atoms with Gasteiger partial charge in [-0.2, -0.15) is 0 Å².